The van der Waals surface area contributed by atoms with Crippen LogP contribution in [0.15, 0.2) is 36.5 Å². The third-order valence-electron chi connectivity index (χ3n) is 7.88. The van der Waals surface area contributed by atoms with Crippen molar-refractivity contribution in [1.29, 1.82) is 0 Å². The Hall–Kier alpha value is -3.50. The predicted molar refractivity (Wildman–Crippen MR) is 168 cm³/mol. The summed E-state index contributed by atoms with van der Waals surface area (Å²) in [5.41, 5.74) is 8.57. The van der Waals surface area contributed by atoms with Crippen molar-refractivity contribution < 1.29 is 32.2 Å². The van der Waals surface area contributed by atoms with Crippen LogP contribution in [0.25, 0.3) is 10.9 Å². The number of aryl methyl sites for hydroxylation is 1. The lowest BCUT2D eigenvalue weighted by molar-refractivity contribution is -0.140. The molecule has 3 aromatic rings. The second-order valence-corrected chi connectivity index (χ2v) is 11.4. The van der Waals surface area contributed by atoms with Crippen LogP contribution in [0.5, 0.6) is 0 Å². The van der Waals surface area contributed by atoms with Gasteiger partial charge >= 0.3 is 12.1 Å². The van der Waals surface area contributed by atoms with Crippen LogP contribution in [-0.2, 0) is 27.3 Å². The summed E-state index contributed by atoms with van der Waals surface area (Å²) < 4.78 is 60.1. The van der Waals surface area contributed by atoms with Crippen molar-refractivity contribution in [3.8, 4) is 11.8 Å². The lowest BCUT2D eigenvalue weighted by Gasteiger charge is -2.38. The molecule has 0 saturated carbocycles. The maximum atomic E-state index is 13.4. The highest BCUT2D eigenvalue weighted by Crippen LogP contribution is 2.32. The third-order valence-corrected chi connectivity index (χ3v) is 7.88. The van der Waals surface area contributed by atoms with Gasteiger partial charge in [0.05, 0.1) is 44.2 Å². The first-order chi connectivity index (χ1) is 21.6. The highest BCUT2D eigenvalue weighted by Gasteiger charge is 2.31. The molecule has 3 heterocycles. The van der Waals surface area contributed by atoms with E-state index in [0.29, 0.717) is 61.9 Å². The van der Waals surface area contributed by atoms with Crippen LogP contribution in [-0.4, -0.2) is 91.9 Å². The number of likely N-dealkylation sites (tertiary alicyclic amines) is 1. The number of esters is 1. The van der Waals surface area contributed by atoms with Gasteiger partial charge in [-0.25, -0.2) is 4.79 Å². The van der Waals surface area contributed by atoms with Gasteiger partial charge in [0.1, 0.15) is 12.2 Å². The number of hydrogen-bond acceptors (Lipinski definition) is 7. The summed E-state index contributed by atoms with van der Waals surface area (Å²) in [7, 11) is 2.10. The second kappa shape index (κ2) is 16.2. The molecule has 0 amide bonds. The maximum Gasteiger partial charge on any atom is 0.406 e. The minimum Gasteiger partial charge on any atom is -0.461 e. The van der Waals surface area contributed by atoms with Crippen LogP contribution in [0.3, 0.4) is 0 Å². The van der Waals surface area contributed by atoms with E-state index in [1.165, 1.54) is 4.57 Å². The summed E-state index contributed by atoms with van der Waals surface area (Å²) >= 11 is 0. The van der Waals surface area contributed by atoms with E-state index in [9.17, 15) is 18.0 Å². The number of nitrogens with one attached hydrogen (secondary N) is 1. The Bertz CT molecular complexity index is 1470. The van der Waals surface area contributed by atoms with Gasteiger partial charge in [0.2, 0.25) is 0 Å². The fraction of sp³-hybridized carbons (Fsp3) is 0.545. The topological polar surface area (TPSA) is 95.9 Å². The third kappa shape index (κ3) is 9.74. The van der Waals surface area contributed by atoms with Crippen molar-refractivity contribution >= 4 is 22.6 Å². The fourth-order valence-corrected chi connectivity index (χ4v) is 5.84. The van der Waals surface area contributed by atoms with E-state index in [4.69, 9.17) is 19.9 Å². The number of aromatic nitrogens is 2. The zero-order valence-corrected chi connectivity index (χ0v) is 26.3. The normalized spacial score (nSPS) is 17.3. The Morgan fingerprint density at radius 3 is 2.67 bits per heavy atom. The number of fused-ring (bicyclic) bond motifs is 1. The molecule has 1 aromatic carbocycles. The summed E-state index contributed by atoms with van der Waals surface area (Å²) in [4.78, 5) is 14.4. The molecule has 3 N–H and O–H groups in total. The minimum atomic E-state index is -4.38. The average molecular weight is 632 g/mol. The maximum absolute atomic E-state index is 13.4. The van der Waals surface area contributed by atoms with E-state index < -0.39 is 12.7 Å². The minimum absolute atomic E-state index is 0.0651. The van der Waals surface area contributed by atoms with E-state index in [-0.39, 0.29) is 24.5 Å². The summed E-state index contributed by atoms with van der Waals surface area (Å²) in [6, 6.07) is 9.05. The Morgan fingerprint density at radius 2 is 1.93 bits per heavy atom. The van der Waals surface area contributed by atoms with Crippen LogP contribution < -0.4 is 11.1 Å². The second-order valence-electron chi connectivity index (χ2n) is 11.4. The molecular weight excluding hydrogens is 587 g/mol. The zero-order valence-electron chi connectivity index (χ0n) is 26.3. The number of halogens is 3. The van der Waals surface area contributed by atoms with Crippen LogP contribution in [0.4, 0.5) is 18.9 Å². The molecule has 4 rings (SSSR count). The molecule has 12 heteroatoms. The number of alkyl halides is 3. The number of rotatable bonds is 14. The van der Waals surface area contributed by atoms with Gasteiger partial charge in [-0.05, 0) is 81.9 Å². The van der Waals surface area contributed by atoms with Crippen molar-refractivity contribution in [3.63, 3.8) is 0 Å². The van der Waals surface area contributed by atoms with E-state index in [1.54, 1.807) is 25.1 Å². The summed E-state index contributed by atoms with van der Waals surface area (Å²) in [5, 5.41) is 4.36. The Balaban J connectivity index is 1.30. The molecule has 246 valence electrons. The number of nitrogens with zero attached hydrogens (tertiary/aromatic N) is 3. The van der Waals surface area contributed by atoms with Crippen molar-refractivity contribution in [2.24, 2.45) is 11.7 Å². The van der Waals surface area contributed by atoms with E-state index in [2.05, 4.69) is 29.1 Å². The molecule has 1 fully saturated rings. The molecule has 0 aliphatic carbocycles. The van der Waals surface area contributed by atoms with Gasteiger partial charge in [0, 0.05) is 43.0 Å². The predicted octanol–water partition coefficient (Wildman–Crippen LogP) is 4.66. The number of piperidine rings is 1. The zero-order chi connectivity index (χ0) is 32.4. The van der Waals surface area contributed by atoms with Crippen molar-refractivity contribution in [2.75, 3.05) is 65.0 Å². The summed E-state index contributed by atoms with van der Waals surface area (Å²) in [6.45, 7) is 7.23. The first-order valence-corrected chi connectivity index (χ1v) is 15.4. The molecule has 2 unspecified atom stereocenters. The lowest BCUT2D eigenvalue weighted by Crippen LogP contribution is -2.45. The Morgan fingerprint density at radius 1 is 1.16 bits per heavy atom. The van der Waals surface area contributed by atoms with Crippen molar-refractivity contribution in [2.45, 2.75) is 52.0 Å². The van der Waals surface area contributed by atoms with E-state index in [0.717, 1.165) is 37.2 Å². The monoisotopic (exact) mass is 631 g/mol. The average Bonchev–Trinajstić information content (AvgIpc) is 3.53. The Labute approximate surface area is 262 Å². The number of hydrogen-bond donors (Lipinski definition) is 2. The van der Waals surface area contributed by atoms with E-state index in [1.807, 2.05) is 29.8 Å². The van der Waals surface area contributed by atoms with Gasteiger partial charge < -0.3 is 39.3 Å². The highest BCUT2D eigenvalue weighted by atomic mass is 19.4. The summed E-state index contributed by atoms with van der Waals surface area (Å²) in [5.74, 6) is 5.45. The van der Waals surface area contributed by atoms with Gasteiger partial charge in [-0.1, -0.05) is 12.0 Å². The molecule has 1 aliphatic heterocycles. The molecule has 1 aliphatic rings. The highest BCUT2D eigenvalue weighted by molar-refractivity contribution is 5.94. The van der Waals surface area contributed by atoms with Crippen LogP contribution in [0.2, 0.25) is 0 Å². The van der Waals surface area contributed by atoms with Crippen LogP contribution in [0.1, 0.15) is 41.5 Å². The Kier molecular flexibility index (Phi) is 12.4. The van der Waals surface area contributed by atoms with Gasteiger partial charge in [-0.3, -0.25) is 0 Å². The van der Waals surface area contributed by atoms with Crippen LogP contribution >= 0.6 is 0 Å². The number of nitrogens with two attached hydrogens (primary N) is 1. The molecule has 1 saturated heterocycles. The van der Waals surface area contributed by atoms with Gasteiger partial charge in [-0.15, -0.1) is 0 Å². The van der Waals surface area contributed by atoms with Crippen molar-refractivity contribution in [1.82, 2.24) is 14.0 Å². The largest absolute Gasteiger partial charge is 0.461 e. The van der Waals surface area contributed by atoms with Gasteiger partial charge in [-0.2, -0.15) is 13.2 Å². The smallest absolute Gasteiger partial charge is 0.406 e. The first-order valence-electron chi connectivity index (χ1n) is 15.4. The molecule has 0 radical (unpaired) electrons. The molecular formula is C33H44F3N5O4. The molecule has 9 nitrogen and oxygen atoms in total. The molecule has 45 heavy (non-hydrogen) atoms. The van der Waals surface area contributed by atoms with Crippen LogP contribution in [0, 0.1) is 24.7 Å². The standard InChI is InChI=1S/C33H44F3N5O4/c1-4-45-32(42)31-19-24(2)21-40(31)14-16-44-18-17-43-15-11-25-22-39(3)13-10-28(25)38-29-8-5-9-30-27(29)20-26(7-6-12-37)41(30)23-33(34,35)36/h5,8-9,19-21,25,28,38H,4,10-18,22-23,37H2,1-3H3. The molecule has 0 spiro atoms. The molecule has 0 bridgehead atoms. The lowest BCUT2D eigenvalue weighted by atomic mass is 9.89. The number of carbonyl (C=O) groups is 1. The number of benzene rings is 1. The first kappa shape index (κ1) is 34.4. The molecule has 2 aromatic heterocycles. The number of anilines is 1. The van der Waals surface area contributed by atoms with Gasteiger partial charge in [0.15, 0.2) is 0 Å². The number of ether oxygens (including phenoxy) is 3. The quantitative estimate of drug-likeness (QED) is 0.152. The summed E-state index contributed by atoms with van der Waals surface area (Å²) in [6.07, 6.45) is -0.749. The van der Waals surface area contributed by atoms with Crippen molar-refractivity contribution in [3.05, 3.63) is 53.5 Å². The van der Waals surface area contributed by atoms with E-state index >= 15 is 0 Å². The van der Waals surface area contributed by atoms with Gasteiger partial charge in [0.25, 0.3) is 0 Å². The fourth-order valence-electron chi connectivity index (χ4n) is 5.84. The molecule has 2 atom stereocenters. The number of carbonyl (C=O) groups excluding carboxylic acids is 1. The SMILES string of the molecule is CCOC(=O)c1cc(C)cn1CCOCCOCCC1CN(C)CCC1Nc1cccc2c1cc(C#CCN)n2CC(F)(F)F.